The Morgan fingerprint density at radius 2 is 1.88 bits per heavy atom. The summed E-state index contributed by atoms with van der Waals surface area (Å²) in [6.07, 6.45) is 8.43. The number of likely N-dealkylation sites (tertiary alicyclic amines) is 1. The zero-order valence-corrected chi connectivity index (χ0v) is 36.8. The molecule has 6 aliphatic heterocycles. The number of rotatable bonds is 12. The number of aromatic nitrogens is 2. The van der Waals surface area contributed by atoms with E-state index in [1.54, 1.807) is 18.6 Å². The smallest absolute Gasteiger partial charge is 0.401 e. The third kappa shape index (κ3) is 9.82. The van der Waals surface area contributed by atoms with E-state index < -0.39 is 18.8 Å². The molecular formula is C47H60F3N9O5. The van der Waals surface area contributed by atoms with Gasteiger partial charge in [0.15, 0.2) is 0 Å². The second-order valence-corrected chi connectivity index (χ2v) is 18.4. The Bertz CT molecular complexity index is 2260. The lowest BCUT2D eigenvalue weighted by molar-refractivity contribution is -0.155. The van der Waals surface area contributed by atoms with Gasteiger partial charge in [-0.25, -0.2) is 0 Å². The van der Waals surface area contributed by atoms with E-state index in [1.165, 1.54) is 10.5 Å². The van der Waals surface area contributed by atoms with Gasteiger partial charge in [0.05, 0.1) is 43.1 Å². The van der Waals surface area contributed by atoms with Crippen molar-refractivity contribution in [2.75, 3.05) is 59.5 Å². The van der Waals surface area contributed by atoms with Crippen LogP contribution in [0, 0.1) is 5.92 Å². The summed E-state index contributed by atoms with van der Waals surface area (Å²) in [4.78, 5) is 45.8. The second kappa shape index (κ2) is 19.2. The molecule has 0 radical (unpaired) electrons. The fraction of sp³-hybridized carbons (Fsp3) is 0.574. The highest BCUT2D eigenvalue weighted by Crippen LogP contribution is 2.49. The van der Waals surface area contributed by atoms with Gasteiger partial charge >= 0.3 is 6.18 Å². The number of alkyl halides is 3. The molecular weight excluding hydrogens is 828 g/mol. The highest BCUT2D eigenvalue weighted by atomic mass is 19.4. The van der Waals surface area contributed by atoms with Crippen LogP contribution in [0.1, 0.15) is 103 Å². The molecule has 9 rings (SSSR count). The first kappa shape index (κ1) is 45.6. The summed E-state index contributed by atoms with van der Waals surface area (Å²) >= 11 is 0. The normalized spacial score (nSPS) is 25.9. The quantitative estimate of drug-likeness (QED) is 0.132. The van der Waals surface area contributed by atoms with E-state index in [2.05, 4.69) is 48.8 Å². The third-order valence-corrected chi connectivity index (χ3v) is 14.2. The molecule has 0 bridgehead atoms. The monoisotopic (exact) mass is 887 g/mol. The topological polar surface area (TPSA) is 166 Å². The zero-order chi connectivity index (χ0) is 45.1. The van der Waals surface area contributed by atoms with Crippen molar-refractivity contribution in [1.29, 1.82) is 0 Å². The van der Waals surface area contributed by atoms with Crippen molar-refractivity contribution in [2.24, 2.45) is 15.9 Å². The first-order valence-electron chi connectivity index (χ1n) is 22.6. The fourth-order valence-electron chi connectivity index (χ4n) is 10.7. The number of nitrogens with zero attached hydrogens (tertiary/aromatic N) is 5. The molecule has 0 aliphatic carbocycles. The summed E-state index contributed by atoms with van der Waals surface area (Å²) in [5.74, 6) is 1.07. The van der Waals surface area contributed by atoms with Gasteiger partial charge in [0.25, 0.3) is 5.91 Å². The molecule has 64 heavy (non-hydrogen) atoms. The fourth-order valence-corrected chi connectivity index (χ4v) is 10.7. The summed E-state index contributed by atoms with van der Waals surface area (Å²) < 4.78 is 55.1. The Kier molecular flexibility index (Phi) is 13.7. The van der Waals surface area contributed by atoms with Crippen molar-refractivity contribution in [3.05, 3.63) is 70.1 Å². The molecule has 344 valence electrons. The highest BCUT2D eigenvalue weighted by Gasteiger charge is 2.46. The number of aliphatic imine (C=N–C) groups is 2. The molecule has 14 nitrogen and oxygen atoms in total. The molecule has 6 aliphatic rings. The van der Waals surface area contributed by atoms with Gasteiger partial charge in [-0.2, -0.15) is 18.3 Å². The van der Waals surface area contributed by atoms with Crippen LogP contribution in [0.4, 0.5) is 13.2 Å². The molecule has 0 saturated carbocycles. The van der Waals surface area contributed by atoms with Gasteiger partial charge in [0.1, 0.15) is 5.75 Å². The van der Waals surface area contributed by atoms with Crippen molar-refractivity contribution < 1.29 is 37.0 Å². The van der Waals surface area contributed by atoms with Crippen LogP contribution >= 0.6 is 0 Å². The average molecular weight is 888 g/mol. The molecule has 2 aromatic carbocycles. The van der Waals surface area contributed by atoms with Crippen molar-refractivity contribution in [1.82, 2.24) is 35.9 Å². The van der Waals surface area contributed by atoms with Crippen LogP contribution < -0.4 is 20.7 Å². The van der Waals surface area contributed by atoms with Gasteiger partial charge in [-0.1, -0.05) is 12.1 Å². The number of fused-ring (bicyclic) bond motifs is 7. The van der Waals surface area contributed by atoms with Crippen molar-refractivity contribution in [3.63, 3.8) is 0 Å². The number of ether oxygens (including phenoxy) is 2. The standard InChI is InChI=1S/C42H53F3N8O3.C5H7NO2/c1-27-18-32-30(5-7-36-33(32)22-50-51-36)37(53(27)25-42(43,44)45)29(19-47-3)20-48-15-11-41(10-14-46-2)9-8-28(24-56-41)23-52-16-12-40(13-17-52)26-55-38-34-21-49-39(54)31(34)4-6-35(38)40;7-4-2-1-3-5(8)6-4/h4-7,19-20,22,27-28,37,46H,3,8-18,21,23-26H2,1-2H3,(H,49,54)(H,50,51);1-3H2,(H,6,7,8)/b29-19+,48-20?;/t27-,28?,37?,41?;/m1./s1. The van der Waals surface area contributed by atoms with Gasteiger partial charge in [-0.15, -0.1) is 0 Å². The molecule has 3 amide bonds. The lowest BCUT2D eigenvalue weighted by Crippen LogP contribution is -2.48. The van der Waals surface area contributed by atoms with Crippen LogP contribution in [0.2, 0.25) is 0 Å². The van der Waals surface area contributed by atoms with E-state index in [-0.39, 0.29) is 34.8 Å². The predicted octanol–water partition coefficient (Wildman–Crippen LogP) is 5.72. The van der Waals surface area contributed by atoms with E-state index in [9.17, 15) is 27.6 Å². The Balaban J connectivity index is 0.000000633. The molecule has 1 spiro atoms. The van der Waals surface area contributed by atoms with Gasteiger partial charge in [-0.3, -0.25) is 39.7 Å². The zero-order valence-electron chi connectivity index (χ0n) is 36.8. The maximum atomic E-state index is 14.0. The first-order chi connectivity index (χ1) is 30.8. The van der Waals surface area contributed by atoms with Gasteiger partial charge in [0, 0.05) is 84.0 Å². The number of hydrogen-bond donors (Lipinski definition) is 4. The van der Waals surface area contributed by atoms with Crippen molar-refractivity contribution >= 4 is 41.6 Å². The van der Waals surface area contributed by atoms with Crippen LogP contribution in [0.15, 0.2) is 52.2 Å². The molecule has 7 heterocycles. The number of carbonyl (C=O) groups excluding carboxylic acids is 3. The van der Waals surface area contributed by atoms with Crippen molar-refractivity contribution in [3.8, 4) is 5.75 Å². The number of benzene rings is 2. The third-order valence-electron chi connectivity index (χ3n) is 14.2. The lowest BCUT2D eigenvalue weighted by atomic mass is 9.73. The molecule has 17 heteroatoms. The molecule has 3 unspecified atom stereocenters. The maximum absolute atomic E-state index is 14.0. The minimum Gasteiger partial charge on any atom is -0.492 e. The number of H-pyrrole nitrogens is 1. The number of amides is 3. The first-order valence-corrected chi connectivity index (χ1v) is 22.6. The molecule has 3 saturated heterocycles. The minimum atomic E-state index is -4.38. The minimum absolute atomic E-state index is 0.0106. The summed E-state index contributed by atoms with van der Waals surface area (Å²) in [5, 5.41) is 16.5. The van der Waals surface area contributed by atoms with E-state index >= 15 is 0 Å². The van der Waals surface area contributed by atoms with E-state index in [0.29, 0.717) is 69.9 Å². The summed E-state index contributed by atoms with van der Waals surface area (Å²) in [6.45, 7) is 10.7. The Morgan fingerprint density at radius 3 is 2.56 bits per heavy atom. The summed E-state index contributed by atoms with van der Waals surface area (Å²) in [6, 6.07) is 6.80. The average Bonchev–Trinajstić information content (AvgIpc) is 4.01. The van der Waals surface area contributed by atoms with E-state index in [0.717, 1.165) is 97.2 Å². The van der Waals surface area contributed by atoms with Gasteiger partial charge in [0.2, 0.25) is 11.8 Å². The van der Waals surface area contributed by atoms with Gasteiger partial charge < -0.3 is 25.0 Å². The number of hydrogen-bond acceptors (Lipinski definition) is 11. The second-order valence-electron chi connectivity index (χ2n) is 18.4. The van der Waals surface area contributed by atoms with E-state index in [4.69, 9.17) is 14.5 Å². The highest BCUT2D eigenvalue weighted by molar-refractivity contribution is 5.99. The number of halogens is 3. The number of nitrogens with one attached hydrogen (secondary N) is 4. The number of piperidine rings is 2. The number of aromatic amines is 1. The lowest BCUT2D eigenvalue weighted by Gasteiger charge is -2.44. The van der Waals surface area contributed by atoms with Crippen LogP contribution in [0.3, 0.4) is 0 Å². The molecule has 3 fully saturated rings. The predicted molar refractivity (Wildman–Crippen MR) is 238 cm³/mol. The Hall–Kier alpha value is -4.97. The Morgan fingerprint density at radius 1 is 1.08 bits per heavy atom. The van der Waals surface area contributed by atoms with Crippen LogP contribution in [0.25, 0.3) is 10.9 Å². The SMILES string of the molecule is C=N/C=C(\C=NCCC1(CCNC)CCC(CN2CCC3(CC2)COc2c3ccc3c2CNC3=O)CO1)C1c2ccc3[nH]ncc3c2C[C@@H](C)N1CC(F)(F)F.O=C1CCCC(=O)N1. The van der Waals surface area contributed by atoms with Crippen LogP contribution in [-0.4, -0.2) is 128 Å². The number of imide groups is 1. The summed E-state index contributed by atoms with van der Waals surface area (Å²) in [7, 11) is 1.95. The molecule has 4 N–H and O–H groups in total. The number of carbonyl (C=O) groups is 3. The molecule has 1 aromatic heterocycles. The Labute approximate surface area is 371 Å². The van der Waals surface area contributed by atoms with E-state index in [1.807, 2.05) is 32.2 Å². The summed E-state index contributed by atoms with van der Waals surface area (Å²) in [5.41, 5.74) is 5.93. The van der Waals surface area contributed by atoms with Crippen molar-refractivity contribution in [2.45, 2.75) is 107 Å². The maximum Gasteiger partial charge on any atom is 0.401 e. The van der Waals surface area contributed by atoms with Crippen LogP contribution in [-0.2, 0) is 32.7 Å². The largest absolute Gasteiger partial charge is 0.492 e. The van der Waals surface area contributed by atoms with Crippen LogP contribution in [0.5, 0.6) is 5.75 Å². The molecule has 4 atom stereocenters. The molecule has 3 aromatic rings. The van der Waals surface area contributed by atoms with Gasteiger partial charge in [-0.05, 0) is 121 Å².